The fraction of sp³-hybridized carbons (Fsp3) is 0.308. The molecule has 0 radical (unpaired) electrons. The zero-order valence-corrected chi connectivity index (χ0v) is 21.5. The molecule has 3 rings (SSSR count). The fourth-order valence-electron chi connectivity index (χ4n) is 3.44. The van der Waals surface area contributed by atoms with E-state index in [2.05, 4.69) is 0 Å². The van der Waals surface area contributed by atoms with Crippen LogP contribution >= 0.6 is 0 Å². The van der Waals surface area contributed by atoms with Gasteiger partial charge in [0.1, 0.15) is 17.2 Å². The molecule has 0 spiro atoms. The first kappa shape index (κ1) is 26.3. The minimum Gasteiger partial charge on any atom is -0.496 e. The van der Waals surface area contributed by atoms with Crippen LogP contribution in [0.5, 0.6) is 69.0 Å². The van der Waals surface area contributed by atoms with E-state index in [-0.39, 0.29) is 0 Å². The summed E-state index contributed by atoms with van der Waals surface area (Å²) in [5.74, 6) is 4.87. The lowest BCUT2D eigenvalue weighted by Crippen LogP contribution is -1.99. The first-order valence-electron chi connectivity index (χ1n) is 10.7. The SMILES string of the molecule is COc1cc(OC)c(Oc2cc(OC)c(Oc3cc(OC)c(OC)c(OC)c3)c(OC)c2)c(OC)c1. The normalized spacial score (nSPS) is 10.2. The molecule has 0 aliphatic carbocycles. The number of rotatable bonds is 12. The third-order valence-corrected chi connectivity index (χ3v) is 5.18. The smallest absolute Gasteiger partial charge is 0.211 e. The van der Waals surface area contributed by atoms with Crippen LogP contribution in [0.4, 0.5) is 0 Å². The maximum absolute atomic E-state index is 6.15. The van der Waals surface area contributed by atoms with Crippen molar-refractivity contribution in [2.45, 2.75) is 0 Å². The molecule has 10 nitrogen and oxygen atoms in total. The van der Waals surface area contributed by atoms with Crippen LogP contribution in [0.3, 0.4) is 0 Å². The molecule has 0 saturated carbocycles. The molecule has 194 valence electrons. The van der Waals surface area contributed by atoms with Gasteiger partial charge in [-0.2, -0.15) is 0 Å². The zero-order valence-electron chi connectivity index (χ0n) is 21.5. The second kappa shape index (κ2) is 11.9. The van der Waals surface area contributed by atoms with Gasteiger partial charge in [0.25, 0.3) is 0 Å². The molecule has 0 aliphatic heterocycles. The van der Waals surface area contributed by atoms with Gasteiger partial charge in [-0.15, -0.1) is 0 Å². The Hall–Kier alpha value is -4.34. The van der Waals surface area contributed by atoms with Crippen molar-refractivity contribution in [3.05, 3.63) is 36.4 Å². The van der Waals surface area contributed by atoms with Gasteiger partial charge in [0, 0.05) is 36.4 Å². The second-order valence-corrected chi connectivity index (χ2v) is 7.08. The van der Waals surface area contributed by atoms with Crippen LogP contribution in [0.2, 0.25) is 0 Å². The lowest BCUT2D eigenvalue weighted by atomic mass is 10.2. The topological polar surface area (TPSA) is 92.3 Å². The van der Waals surface area contributed by atoms with Gasteiger partial charge in [-0.1, -0.05) is 0 Å². The number of ether oxygens (including phenoxy) is 10. The molecule has 0 heterocycles. The van der Waals surface area contributed by atoms with E-state index in [1.165, 1.54) is 49.8 Å². The molecule has 0 amide bonds. The Labute approximate surface area is 210 Å². The van der Waals surface area contributed by atoms with Crippen LogP contribution in [-0.2, 0) is 0 Å². The summed E-state index contributed by atoms with van der Waals surface area (Å²) >= 11 is 0. The highest BCUT2D eigenvalue weighted by molar-refractivity contribution is 5.62. The second-order valence-electron chi connectivity index (χ2n) is 7.08. The van der Waals surface area contributed by atoms with Gasteiger partial charge in [-0.3, -0.25) is 0 Å². The van der Waals surface area contributed by atoms with Crippen LogP contribution in [0.1, 0.15) is 0 Å². The van der Waals surface area contributed by atoms with Crippen molar-refractivity contribution in [2.24, 2.45) is 0 Å². The van der Waals surface area contributed by atoms with Crippen molar-refractivity contribution in [1.82, 2.24) is 0 Å². The van der Waals surface area contributed by atoms with Crippen LogP contribution < -0.4 is 47.4 Å². The molecular formula is C26H30O10. The monoisotopic (exact) mass is 502 g/mol. The first-order valence-corrected chi connectivity index (χ1v) is 10.7. The number of hydrogen-bond donors (Lipinski definition) is 0. The first-order chi connectivity index (χ1) is 17.5. The molecule has 0 bridgehead atoms. The van der Waals surface area contributed by atoms with E-state index in [1.807, 2.05) is 0 Å². The summed E-state index contributed by atoms with van der Waals surface area (Å²) in [6, 6.07) is 10.0. The Balaban J connectivity index is 2.05. The molecule has 3 aromatic rings. The highest BCUT2D eigenvalue weighted by Crippen LogP contribution is 2.49. The standard InChI is InChI=1S/C26H30O10/c1-27-15-9-20(30-4)25(21(10-15)31-5)36-17-13-22(32-6)26(23(14-17)33-7)35-16-11-18(28-2)24(34-8)19(12-16)29-3/h9-14H,1-8H3. The molecule has 0 unspecified atom stereocenters. The molecule has 0 saturated heterocycles. The minimum absolute atomic E-state index is 0.315. The number of methoxy groups -OCH3 is 8. The molecule has 0 N–H and O–H groups in total. The predicted octanol–water partition coefficient (Wildman–Crippen LogP) is 5.34. The van der Waals surface area contributed by atoms with E-state index in [4.69, 9.17) is 47.4 Å². The van der Waals surface area contributed by atoms with E-state index in [0.29, 0.717) is 69.0 Å². The average Bonchev–Trinajstić information content (AvgIpc) is 2.92. The van der Waals surface area contributed by atoms with Crippen molar-refractivity contribution < 1.29 is 47.4 Å². The van der Waals surface area contributed by atoms with E-state index in [0.717, 1.165) is 0 Å². The van der Waals surface area contributed by atoms with E-state index >= 15 is 0 Å². The third kappa shape index (κ3) is 5.32. The quantitative estimate of drug-likeness (QED) is 0.323. The molecule has 10 heteroatoms. The van der Waals surface area contributed by atoms with Gasteiger partial charge in [0.2, 0.25) is 17.2 Å². The van der Waals surface area contributed by atoms with E-state index < -0.39 is 0 Å². The molecule has 36 heavy (non-hydrogen) atoms. The molecule has 0 fully saturated rings. The molecule has 0 aliphatic rings. The van der Waals surface area contributed by atoms with Gasteiger partial charge < -0.3 is 47.4 Å². The maximum Gasteiger partial charge on any atom is 0.211 e. The average molecular weight is 503 g/mol. The Morgan fingerprint density at radius 1 is 0.306 bits per heavy atom. The summed E-state index contributed by atoms with van der Waals surface area (Å²) in [5.41, 5.74) is 0. The highest BCUT2D eigenvalue weighted by Gasteiger charge is 2.22. The summed E-state index contributed by atoms with van der Waals surface area (Å²) < 4.78 is 55.9. The predicted molar refractivity (Wildman–Crippen MR) is 132 cm³/mol. The molecule has 0 atom stereocenters. The minimum atomic E-state index is 0.315. The van der Waals surface area contributed by atoms with Crippen LogP contribution in [0.25, 0.3) is 0 Å². The van der Waals surface area contributed by atoms with Gasteiger partial charge in [0.05, 0.1) is 56.9 Å². The summed E-state index contributed by atoms with van der Waals surface area (Å²) in [5, 5.41) is 0. The Kier molecular flexibility index (Phi) is 8.66. The molecule has 0 aromatic heterocycles. The fourth-order valence-corrected chi connectivity index (χ4v) is 3.44. The van der Waals surface area contributed by atoms with Crippen molar-refractivity contribution in [2.75, 3.05) is 56.9 Å². The third-order valence-electron chi connectivity index (χ3n) is 5.18. The van der Waals surface area contributed by atoms with Crippen molar-refractivity contribution >= 4 is 0 Å². The number of hydrogen-bond acceptors (Lipinski definition) is 10. The summed E-state index contributed by atoms with van der Waals surface area (Å²) in [4.78, 5) is 0. The summed E-state index contributed by atoms with van der Waals surface area (Å²) in [7, 11) is 12.2. The van der Waals surface area contributed by atoms with Crippen LogP contribution in [-0.4, -0.2) is 56.9 Å². The number of benzene rings is 3. The Morgan fingerprint density at radius 3 is 0.833 bits per heavy atom. The highest BCUT2D eigenvalue weighted by atomic mass is 16.6. The zero-order chi connectivity index (χ0) is 26.2. The molecular weight excluding hydrogens is 472 g/mol. The lowest BCUT2D eigenvalue weighted by molar-refractivity contribution is 0.315. The van der Waals surface area contributed by atoms with Gasteiger partial charge in [0.15, 0.2) is 34.5 Å². The largest absolute Gasteiger partial charge is 0.496 e. The van der Waals surface area contributed by atoms with E-state index in [9.17, 15) is 0 Å². The van der Waals surface area contributed by atoms with Gasteiger partial charge in [-0.25, -0.2) is 0 Å². The lowest BCUT2D eigenvalue weighted by Gasteiger charge is -2.19. The Bertz CT molecular complexity index is 1120. The van der Waals surface area contributed by atoms with Crippen molar-refractivity contribution in [3.63, 3.8) is 0 Å². The van der Waals surface area contributed by atoms with Gasteiger partial charge in [-0.05, 0) is 0 Å². The summed E-state index contributed by atoms with van der Waals surface area (Å²) in [6.07, 6.45) is 0. The van der Waals surface area contributed by atoms with E-state index in [1.54, 1.807) is 43.5 Å². The maximum atomic E-state index is 6.15. The van der Waals surface area contributed by atoms with Crippen molar-refractivity contribution in [1.29, 1.82) is 0 Å². The molecule has 3 aromatic carbocycles. The van der Waals surface area contributed by atoms with Crippen molar-refractivity contribution in [3.8, 4) is 69.0 Å². The Morgan fingerprint density at radius 2 is 0.583 bits per heavy atom. The summed E-state index contributed by atoms with van der Waals surface area (Å²) in [6.45, 7) is 0. The van der Waals surface area contributed by atoms with Crippen LogP contribution in [0, 0.1) is 0 Å². The van der Waals surface area contributed by atoms with Gasteiger partial charge >= 0.3 is 0 Å². The van der Waals surface area contributed by atoms with Crippen LogP contribution in [0.15, 0.2) is 36.4 Å².